The first-order chi connectivity index (χ1) is 16.9. The third-order valence-corrected chi connectivity index (χ3v) is 7.09. The summed E-state index contributed by atoms with van der Waals surface area (Å²) in [6, 6.07) is 13.8. The lowest BCUT2D eigenvalue weighted by atomic mass is 9.89. The largest absolute Gasteiger partial charge is 0.368 e. The van der Waals surface area contributed by atoms with E-state index in [-0.39, 0.29) is 23.9 Å². The minimum absolute atomic E-state index is 0.134. The van der Waals surface area contributed by atoms with E-state index in [9.17, 15) is 14.0 Å². The van der Waals surface area contributed by atoms with E-state index in [0.717, 1.165) is 12.1 Å². The summed E-state index contributed by atoms with van der Waals surface area (Å²) in [5.74, 6) is -1.07. The van der Waals surface area contributed by atoms with Crippen LogP contribution in [0.25, 0.3) is 11.1 Å². The number of aryl methyl sites for hydroxylation is 2. The van der Waals surface area contributed by atoms with Gasteiger partial charge in [0.15, 0.2) is 0 Å². The highest BCUT2D eigenvalue weighted by atomic mass is 19.1. The van der Waals surface area contributed by atoms with Crippen LogP contribution in [0.3, 0.4) is 0 Å². The number of hydrogen-bond donors (Lipinski definition) is 1. The predicted octanol–water partition coefficient (Wildman–Crippen LogP) is 4.50. The summed E-state index contributed by atoms with van der Waals surface area (Å²) in [7, 11) is 0. The first kappa shape index (κ1) is 23.4. The lowest BCUT2D eigenvalue weighted by Gasteiger charge is -2.36. The number of carbonyl (C=O) groups excluding carboxylic acids is 1. The SMILES string of the molecule is Cc1ccc2n(c1=O)[C@H](Cc1cccc(-c3cccc(F)c3)c1F)[C@@H](NC(=O)[C@@H]1CCCO1)CC2. The van der Waals surface area contributed by atoms with E-state index in [0.29, 0.717) is 48.1 Å². The standard InChI is InChI=1S/C28H28F2N2O3/c1-17-10-11-21-12-13-23(31-27(33)25-9-4-14-35-25)24(32(21)28(17)34)16-19-6-3-8-22(26(19)30)18-5-2-7-20(29)15-18/h2-3,5-8,10-11,15,23-25H,4,9,12-14,16H2,1H3,(H,31,33)/t23-,24+,25-/m0/s1. The molecule has 1 N–H and O–H groups in total. The number of halogens is 2. The van der Waals surface area contributed by atoms with E-state index in [2.05, 4.69) is 5.32 Å². The van der Waals surface area contributed by atoms with Crippen LogP contribution in [0.1, 0.15) is 42.1 Å². The Balaban J connectivity index is 1.52. The van der Waals surface area contributed by atoms with Gasteiger partial charge in [-0.25, -0.2) is 8.78 Å². The summed E-state index contributed by atoms with van der Waals surface area (Å²) in [6.07, 6.45) is 2.50. The Bertz CT molecular complexity index is 1310. The molecule has 5 rings (SSSR count). The van der Waals surface area contributed by atoms with Gasteiger partial charge in [-0.3, -0.25) is 9.59 Å². The maximum atomic E-state index is 15.7. The van der Waals surface area contributed by atoms with Crippen molar-refractivity contribution in [3.05, 3.63) is 93.4 Å². The number of ether oxygens (including phenoxy) is 1. The Morgan fingerprint density at radius 1 is 1.11 bits per heavy atom. The normalized spacial score (nSPS) is 21.5. The van der Waals surface area contributed by atoms with Crippen molar-refractivity contribution in [3.63, 3.8) is 0 Å². The molecular weight excluding hydrogens is 450 g/mol. The molecule has 0 unspecified atom stereocenters. The molecule has 2 aromatic carbocycles. The number of nitrogens with one attached hydrogen (secondary N) is 1. The van der Waals surface area contributed by atoms with Crippen LogP contribution in [0.15, 0.2) is 59.4 Å². The van der Waals surface area contributed by atoms with Gasteiger partial charge in [-0.2, -0.15) is 0 Å². The van der Waals surface area contributed by atoms with Crippen molar-refractivity contribution in [2.45, 2.75) is 57.2 Å². The zero-order valence-corrected chi connectivity index (χ0v) is 19.6. The molecule has 1 saturated heterocycles. The zero-order valence-electron chi connectivity index (χ0n) is 19.6. The van der Waals surface area contributed by atoms with Crippen molar-refractivity contribution < 1.29 is 18.3 Å². The van der Waals surface area contributed by atoms with Crippen molar-refractivity contribution in [1.29, 1.82) is 0 Å². The number of hydrogen-bond acceptors (Lipinski definition) is 3. The number of nitrogens with zero attached hydrogens (tertiary/aromatic N) is 1. The molecule has 2 aliphatic heterocycles. The van der Waals surface area contributed by atoms with Gasteiger partial charge in [0.05, 0.1) is 12.1 Å². The van der Waals surface area contributed by atoms with Gasteiger partial charge in [0.1, 0.15) is 17.7 Å². The van der Waals surface area contributed by atoms with Crippen molar-refractivity contribution in [2.24, 2.45) is 0 Å². The van der Waals surface area contributed by atoms with Crippen LogP contribution in [0.4, 0.5) is 8.78 Å². The second-order valence-corrected chi connectivity index (χ2v) is 9.40. The molecule has 0 aliphatic carbocycles. The Morgan fingerprint density at radius 3 is 2.71 bits per heavy atom. The Kier molecular flexibility index (Phi) is 6.52. The van der Waals surface area contributed by atoms with Crippen LogP contribution in [0, 0.1) is 18.6 Å². The van der Waals surface area contributed by atoms with Gasteiger partial charge in [0.25, 0.3) is 5.56 Å². The molecule has 0 saturated carbocycles. The average molecular weight is 479 g/mol. The molecule has 3 atom stereocenters. The quantitative estimate of drug-likeness (QED) is 0.588. The monoisotopic (exact) mass is 478 g/mol. The fourth-order valence-corrected chi connectivity index (χ4v) is 5.24. The number of aromatic nitrogens is 1. The van der Waals surface area contributed by atoms with Crippen molar-refractivity contribution >= 4 is 5.91 Å². The second-order valence-electron chi connectivity index (χ2n) is 9.40. The number of pyridine rings is 1. The van der Waals surface area contributed by atoms with Gasteiger partial charge in [-0.05, 0) is 68.4 Å². The Morgan fingerprint density at radius 2 is 1.94 bits per heavy atom. The van der Waals surface area contributed by atoms with Crippen molar-refractivity contribution in [1.82, 2.24) is 9.88 Å². The van der Waals surface area contributed by atoms with E-state index in [1.54, 1.807) is 41.8 Å². The molecule has 0 radical (unpaired) electrons. The van der Waals surface area contributed by atoms with Crippen molar-refractivity contribution in [2.75, 3.05) is 6.61 Å². The fourth-order valence-electron chi connectivity index (χ4n) is 5.24. The topological polar surface area (TPSA) is 60.3 Å². The summed E-state index contributed by atoms with van der Waals surface area (Å²) in [4.78, 5) is 26.1. The molecule has 3 heterocycles. The highest BCUT2D eigenvalue weighted by Crippen LogP contribution is 2.32. The minimum atomic E-state index is -0.487. The molecule has 3 aromatic rings. The summed E-state index contributed by atoms with van der Waals surface area (Å²) in [6.45, 7) is 2.32. The Labute approximate surface area is 202 Å². The van der Waals surface area contributed by atoms with Gasteiger partial charge in [-0.15, -0.1) is 0 Å². The van der Waals surface area contributed by atoms with E-state index >= 15 is 4.39 Å². The highest BCUT2D eigenvalue weighted by Gasteiger charge is 2.34. The molecule has 7 heteroatoms. The van der Waals surface area contributed by atoms with Gasteiger partial charge >= 0.3 is 0 Å². The van der Waals surface area contributed by atoms with Crippen LogP contribution in [0.5, 0.6) is 0 Å². The van der Waals surface area contributed by atoms with Crippen LogP contribution in [-0.4, -0.2) is 29.2 Å². The molecule has 5 nitrogen and oxygen atoms in total. The molecule has 1 fully saturated rings. The second kappa shape index (κ2) is 9.74. The zero-order chi connectivity index (χ0) is 24.5. The van der Waals surface area contributed by atoms with Crippen LogP contribution in [-0.2, 0) is 22.4 Å². The third-order valence-electron chi connectivity index (χ3n) is 7.09. The van der Waals surface area contributed by atoms with Gasteiger partial charge in [0, 0.05) is 23.4 Å². The van der Waals surface area contributed by atoms with E-state index < -0.39 is 23.8 Å². The van der Waals surface area contributed by atoms with E-state index in [4.69, 9.17) is 4.74 Å². The van der Waals surface area contributed by atoms with Gasteiger partial charge < -0.3 is 14.6 Å². The number of fused-ring (bicyclic) bond motifs is 1. The average Bonchev–Trinajstić information content (AvgIpc) is 3.39. The lowest BCUT2D eigenvalue weighted by Crippen LogP contribution is -2.51. The summed E-state index contributed by atoms with van der Waals surface area (Å²) in [5, 5.41) is 3.10. The molecule has 1 aromatic heterocycles. The van der Waals surface area contributed by atoms with Gasteiger partial charge in [-0.1, -0.05) is 36.4 Å². The number of carbonyl (C=O) groups is 1. The molecular formula is C28H28F2N2O3. The Hall–Kier alpha value is -3.32. The maximum absolute atomic E-state index is 15.7. The predicted molar refractivity (Wildman–Crippen MR) is 129 cm³/mol. The summed E-state index contributed by atoms with van der Waals surface area (Å²) in [5.41, 5.74) is 2.49. The lowest BCUT2D eigenvalue weighted by molar-refractivity contribution is -0.131. The molecule has 0 spiro atoms. The molecule has 182 valence electrons. The summed E-state index contributed by atoms with van der Waals surface area (Å²) < 4.78 is 36.8. The molecule has 1 amide bonds. The molecule has 0 bridgehead atoms. The van der Waals surface area contributed by atoms with E-state index in [1.807, 2.05) is 12.1 Å². The fraction of sp³-hybridized carbons (Fsp3) is 0.357. The number of benzene rings is 2. The van der Waals surface area contributed by atoms with Crippen LogP contribution in [0.2, 0.25) is 0 Å². The minimum Gasteiger partial charge on any atom is -0.368 e. The highest BCUT2D eigenvalue weighted by molar-refractivity contribution is 5.81. The van der Waals surface area contributed by atoms with Crippen molar-refractivity contribution in [3.8, 4) is 11.1 Å². The number of amides is 1. The first-order valence-electron chi connectivity index (χ1n) is 12.1. The van der Waals surface area contributed by atoms with Crippen LogP contribution < -0.4 is 10.9 Å². The molecule has 35 heavy (non-hydrogen) atoms. The number of rotatable bonds is 5. The third kappa shape index (κ3) is 4.65. The summed E-state index contributed by atoms with van der Waals surface area (Å²) >= 11 is 0. The smallest absolute Gasteiger partial charge is 0.253 e. The van der Waals surface area contributed by atoms with Gasteiger partial charge in [0.2, 0.25) is 5.91 Å². The first-order valence-corrected chi connectivity index (χ1v) is 12.1. The maximum Gasteiger partial charge on any atom is 0.253 e. The van der Waals surface area contributed by atoms with E-state index in [1.165, 1.54) is 12.1 Å². The van der Waals surface area contributed by atoms with Crippen LogP contribution >= 0.6 is 0 Å². The molecule has 2 aliphatic rings.